The number of aromatic nitrogens is 3. The van der Waals surface area contributed by atoms with Crippen LogP contribution < -0.4 is 5.73 Å². The molecule has 102 valence electrons. The van der Waals surface area contributed by atoms with E-state index in [9.17, 15) is 8.42 Å². The van der Waals surface area contributed by atoms with E-state index in [1.54, 1.807) is 0 Å². The molecule has 0 aliphatic rings. The number of hydrogen-bond donors (Lipinski definition) is 1. The molecule has 0 spiro atoms. The van der Waals surface area contributed by atoms with Gasteiger partial charge in [0.2, 0.25) is 14.9 Å². The predicted octanol–water partition coefficient (Wildman–Crippen LogP) is 1.76. The molecule has 1 aromatic carbocycles. The van der Waals surface area contributed by atoms with Gasteiger partial charge in [-0.25, -0.2) is 13.1 Å². The Hall–Kier alpha value is -1.60. The first kappa shape index (κ1) is 13.8. The fourth-order valence-electron chi connectivity index (χ4n) is 1.60. The van der Waals surface area contributed by atoms with Gasteiger partial charge in [-0.15, -0.1) is 5.10 Å². The first-order chi connectivity index (χ1) is 8.96. The lowest BCUT2D eigenvalue weighted by Gasteiger charge is -2.03. The first-order valence-electron chi connectivity index (χ1n) is 5.66. The van der Waals surface area contributed by atoms with Gasteiger partial charge in [-0.05, 0) is 30.7 Å². The van der Waals surface area contributed by atoms with Gasteiger partial charge in [0.1, 0.15) is 0 Å². The van der Waals surface area contributed by atoms with E-state index >= 15 is 0 Å². The molecule has 0 fully saturated rings. The summed E-state index contributed by atoms with van der Waals surface area (Å²) < 4.78 is 26.1. The van der Waals surface area contributed by atoms with Crippen molar-refractivity contribution in [3.63, 3.8) is 0 Å². The fourth-order valence-corrected chi connectivity index (χ4v) is 2.97. The van der Waals surface area contributed by atoms with Crippen molar-refractivity contribution in [2.24, 2.45) is 0 Å². The lowest BCUT2D eigenvalue weighted by molar-refractivity contribution is 0.583. The standard InChI is InChI=1S/C11H13ClN4O2S/c1-2-7-16-10(13)11(14-15-16)19(17,18)9-5-3-8(12)4-6-9/h3-6H,2,7,13H2,1H3. The number of anilines is 1. The Morgan fingerprint density at radius 1 is 1.32 bits per heavy atom. The third-order valence-electron chi connectivity index (χ3n) is 2.55. The van der Waals surface area contributed by atoms with Crippen LogP contribution in [0.5, 0.6) is 0 Å². The fraction of sp³-hybridized carbons (Fsp3) is 0.273. The molecule has 6 nitrogen and oxygen atoms in total. The van der Waals surface area contributed by atoms with Crippen molar-refractivity contribution >= 4 is 27.3 Å². The van der Waals surface area contributed by atoms with Gasteiger partial charge in [-0.1, -0.05) is 23.7 Å². The number of hydrogen-bond acceptors (Lipinski definition) is 5. The quantitative estimate of drug-likeness (QED) is 0.929. The molecule has 19 heavy (non-hydrogen) atoms. The summed E-state index contributed by atoms with van der Waals surface area (Å²) in [4.78, 5) is 0.0900. The number of nitrogens with two attached hydrogens (primary N) is 1. The lowest BCUT2D eigenvalue weighted by Crippen LogP contribution is -2.08. The average molecular weight is 301 g/mol. The third-order valence-corrected chi connectivity index (χ3v) is 4.50. The molecule has 0 aliphatic carbocycles. The number of aryl methyl sites for hydroxylation is 1. The summed E-state index contributed by atoms with van der Waals surface area (Å²) in [6, 6.07) is 5.83. The number of sulfone groups is 1. The van der Waals surface area contributed by atoms with Crippen LogP contribution in [-0.2, 0) is 16.4 Å². The Balaban J connectivity index is 2.48. The Morgan fingerprint density at radius 2 is 1.95 bits per heavy atom. The first-order valence-corrected chi connectivity index (χ1v) is 7.52. The van der Waals surface area contributed by atoms with Gasteiger partial charge >= 0.3 is 0 Å². The molecule has 2 rings (SSSR count). The Labute approximate surface area is 116 Å². The largest absolute Gasteiger partial charge is 0.381 e. The smallest absolute Gasteiger partial charge is 0.229 e. The third kappa shape index (κ3) is 2.57. The molecule has 0 atom stereocenters. The molecule has 0 bridgehead atoms. The summed E-state index contributed by atoms with van der Waals surface area (Å²) in [6.45, 7) is 2.46. The molecule has 0 saturated carbocycles. The van der Waals surface area contributed by atoms with Crippen LogP contribution in [0.4, 0.5) is 5.82 Å². The molecule has 0 unspecified atom stereocenters. The highest BCUT2D eigenvalue weighted by molar-refractivity contribution is 7.91. The second-order valence-electron chi connectivity index (χ2n) is 3.96. The summed E-state index contributed by atoms with van der Waals surface area (Å²) in [5, 5.41) is 7.66. The van der Waals surface area contributed by atoms with Crippen molar-refractivity contribution in [1.29, 1.82) is 0 Å². The Bertz CT molecular complexity index is 679. The zero-order chi connectivity index (χ0) is 14.0. The highest BCUT2D eigenvalue weighted by Crippen LogP contribution is 2.24. The Morgan fingerprint density at radius 3 is 2.53 bits per heavy atom. The van der Waals surface area contributed by atoms with E-state index in [1.807, 2.05) is 6.92 Å². The second-order valence-corrected chi connectivity index (χ2v) is 6.26. The van der Waals surface area contributed by atoms with Gasteiger partial charge < -0.3 is 5.73 Å². The molecule has 1 heterocycles. The maximum absolute atomic E-state index is 12.3. The molecule has 0 amide bonds. The molecule has 8 heteroatoms. The van der Waals surface area contributed by atoms with E-state index in [-0.39, 0.29) is 15.7 Å². The van der Waals surface area contributed by atoms with Crippen LogP contribution >= 0.6 is 11.6 Å². The van der Waals surface area contributed by atoms with Crippen LogP contribution in [0.1, 0.15) is 13.3 Å². The van der Waals surface area contributed by atoms with Gasteiger partial charge in [-0.3, -0.25) is 0 Å². The van der Waals surface area contributed by atoms with Gasteiger partial charge in [0.15, 0.2) is 5.82 Å². The molecular formula is C11H13ClN4O2S. The molecule has 0 radical (unpaired) electrons. The SMILES string of the molecule is CCCn1nnc(S(=O)(=O)c2ccc(Cl)cc2)c1N. The van der Waals surface area contributed by atoms with E-state index in [0.717, 1.165) is 6.42 Å². The van der Waals surface area contributed by atoms with Gasteiger partial charge in [-0.2, -0.15) is 0 Å². The maximum Gasteiger partial charge on any atom is 0.229 e. The van der Waals surface area contributed by atoms with Crippen molar-refractivity contribution in [2.75, 3.05) is 5.73 Å². The van der Waals surface area contributed by atoms with Crippen molar-refractivity contribution in [1.82, 2.24) is 15.0 Å². The predicted molar refractivity (Wildman–Crippen MR) is 71.6 cm³/mol. The minimum absolute atomic E-state index is 0.0526. The van der Waals surface area contributed by atoms with Crippen molar-refractivity contribution in [3.05, 3.63) is 29.3 Å². The van der Waals surface area contributed by atoms with Crippen LogP contribution in [0.3, 0.4) is 0 Å². The molecule has 2 N–H and O–H groups in total. The number of nitrogens with zero attached hydrogens (tertiary/aromatic N) is 3. The summed E-state index contributed by atoms with van der Waals surface area (Å²) in [5.74, 6) is 0.0526. The monoisotopic (exact) mass is 300 g/mol. The number of benzene rings is 1. The Kier molecular flexibility index (Phi) is 3.77. The molecule has 0 saturated heterocycles. The number of nitrogen functional groups attached to an aromatic ring is 1. The van der Waals surface area contributed by atoms with E-state index in [2.05, 4.69) is 10.3 Å². The zero-order valence-corrected chi connectivity index (χ0v) is 11.8. The summed E-state index contributed by atoms with van der Waals surface area (Å²) in [7, 11) is -3.76. The molecule has 1 aromatic heterocycles. The van der Waals surface area contributed by atoms with Crippen LogP contribution in [0.2, 0.25) is 5.02 Å². The maximum atomic E-state index is 12.3. The van der Waals surface area contributed by atoms with E-state index in [1.165, 1.54) is 28.9 Å². The minimum atomic E-state index is -3.76. The van der Waals surface area contributed by atoms with Crippen LogP contribution in [0.25, 0.3) is 0 Å². The van der Waals surface area contributed by atoms with E-state index in [0.29, 0.717) is 11.6 Å². The van der Waals surface area contributed by atoms with Crippen LogP contribution in [0.15, 0.2) is 34.2 Å². The molecule has 2 aromatic rings. The summed E-state index contributed by atoms with van der Waals surface area (Å²) >= 11 is 5.73. The number of halogens is 1. The normalized spacial score (nSPS) is 11.7. The lowest BCUT2D eigenvalue weighted by atomic mass is 10.4. The molecular weight excluding hydrogens is 288 g/mol. The van der Waals surface area contributed by atoms with E-state index < -0.39 is 9.84 Å². The van der Waals surface area contributed by atoms with Crippen molar-refractivity contribution < 1.29 is 8.42 Å². The zero-order valence-electron chi connectivity index (χ0n) is 10.2. The van der Waals surface area contributed by atoms with Gasteiger partial charge in [0, 0.05) is 11.6 Å². The molecule has 0 aliphatic heterocycles. The van der Waals surface area contributed by atoms with Gasteiger partial charge in [0.25, 0.3) is 0 Å². The minimum Gasteiger partial charge on any atom is -0.381 e. The summed E-state index contributed by atoms with van der Waals surface area (Å²) in [5.41, 5.74) is 5.78. The summed E-state index contributed by atoms with van der Waals surface area (Å²) in [6.07, 6.45) is 0.786. The van der Waals surface area contributed by atoms with Gasteiger partial charge in [0.05, 0.1) is 4.90 Å². The van der Waals surface area contributed by atoms with E-state index in [4.69, 9.17) is 17.3 Å². The second kappa shape index (κ2) is 5.18. The van der Waals surface area contributed by atoms with Crippen LogP contribution in [0, 0.1) is 0 Å². The highest BCUT2D eigenvalue weighted by atomic mass is 35.5. The van der Waals surface area contributed by atoms with Crippen molar-refractivity contribution in [3.8, 4) is 0 Å². The topological polar surface area (TPSA) is 90.9 Å². The highest BCUT2D eigenvalue weighted by Gasteiger charge is 2.25. The average Bonchev–Trinajstić information content (AvgIpc) is 2.73. The van der Waals surface area contributed by atoms with Crippen molar-refractivity contribution in [2.45, 2.75) is 29.8 Å². The number of rotatable bonds is 4. The van der Waals surface area contributed by atoms with Crippen LogP contribution in [-0.4, -0.2) is 23.4 Å².